The van der Waals surface area contributed by atoms with Gasteiger partial charge in [-0.25, -0.2) is 9.59 Å². The van der Waals surface area contributed by atoms with E-state index in [4.69, 9.17) is 4.74 Å². The molecular formula is C27H25BrN2O5. The molecule has 4 rings (SSSR count). The van der Waals surface area contributed by atoms with Crippen LogP contribution in [0.25, 0.3) is 11.1 Å². The van der Waals surface area contributed by atoms with E-state index in [1.807, 2.05) is 43.3 Å². The minimum atomic E-state index is -1.11. The van der Waals surface area contributed by atoms with Crippen LogP contribution in [0.4, 0.5) is 10.5 Å². The van der Waals surface area contributed by atoms with Crippen molar-refractivity contribution in [3.05, 3.63) is 87.9 Å². The number of carboxylic acid groups (broad SMARTS) is 1. The SMILES string of the molecule is CCCC(NC(=O)c1ccc(Br)cc1NC(=O)OCC1c2ccccc2-c2ccccc21)C(=O)O. The molecule has 1 unspecified atom stereocenters. The zero-order valence-corrected chi connectivity index (χ0v) is 20.7. The summed E-state index contributed by atoms with van der Waals surface area (Å²) in [6.45, 7) is 1.97. The lowest BCUT2D eigenvalue weighted by molar-refractivity contribution is -0.139. The molecule has 8 heteroatoms. The molecule has 0 radical (unpaired) electrons. The molecule has 1 aliphatic rings. The van der Waals surface area contributed by atoms with Gasteiger partial charge in [0, 0.05) is 10.4 Å². The highest BCUT2D eigenvalue weighted by Gasteiger charge is 2.29. The van der Waals surface area contributed by atoms with Crippen LogP contribution in [-0.4, -0.2) is 35.7 Å². The molecule has 0 saturated carbocycles. The molecule has 0 fully saturated rings. The maximum atomic E-state index is 12.8. The Hall–Kier alpha value is -3.65. The minimum absolute atomic E-state index is 0.0937. The van der Waals surface area contributed by atoms with Gasteiger partial charge in [0.05, 0.1) is 11.3 Å². The van der Waals surface area contributed by atoms with Crippen LogP contribution in [0.5, 0.6) is 0 Å². The Labute approximate surface area is 211 Å². The largest absolute Gasteiger partial charge is 0.480 e. The van der Waals surface area contributed by atoms with Gasteiger partial charge in [-0.15, -0.1) is 0 Å². The van der Waals surface area contributed by atoms with Crippen LogP contribution in [0, 0.1) is 0 Å². The zero-order chi connectivity index (χ0) is 24.9. The van der Waals surface area contributed by atoms with Crippen LogP contribution in [0.3, 0.4) is 0 Å². The number of anilines is 1. The summed E-state index contributed by atoms with van der Waals surface area (Å²) in [6, 6.07) is 19.8. The standard InChI is InChI=1S/C27H25BrN2O5/c1-2-7-23(26(32)33)29-25(31)21-13-12-16(28)14-24(21)30-27(34)35-15-22-19-10-5-3-8-17(19)18-9-4-6-11-20(18)22/h3-6,8-14,22-23H,2,7,15H2,1H3,(H,29,31)(H,30,34)(H,32,33). The number of carbonyl (C=O) groups is 3. The van der Waals surface area contributed by atoms with Gasteiger partial charge in [0.15, 0.2) is 0 Å². The lowest BCUT2D eigenvalue weighted by Crippen LogP contribution is -2.41. The lowest BCUT2D eigenvalue weighted by atomic mass is 9.98. The Morgan fingerprint density at radius 1 is 1.00 bits per heavy atom. The van der Waals surface area contributed by atoms with E-state index in [9.17, 15) is 19.5 Å². The first-order valence-electron chi connectivity index (χ1n) is 11.3. The molecule has 0 spiro atoms. The predicted molar refractivity (Wildman–Crippen MR) is 137 cm³/mol. The number of benzene rings is 3. The maximum Gasteiger partial charge on any atom is 0.411 e. The van der Waals surface area contributed by atoms with E-state index < -0.39 is 24.0 Å². The molecule has 0 aliphatic heterocycles. The third-order valence-electron chi connectivity index (χ3n) is 5.99. The van der Waals surface area contributed by atoms with Gasteiger partial charge in [0.25, 0.3) is 5.91 Å². The van der Waals surface area contributed by atoms with Gasteiger partial charge in [0.1, 0.15) is 12.6 Å². The second-order valence-corrected chi connectivity index (χ2v) is 9.21. The van der Waals surface area contributed by atoms with E-state index in [-0.39, 0.29) is 23.8 Å². The van der Waals surface area contributed by atoms with Gasteiger partial charge < -0.3 is 15.2 Å². The molecule has 0 bridgehead atoms. The van der Waals surface area contributed by atoms with Crippen molar-refractivity contribution < 1.29 is 24.2 Å². The normalized spacial score (nSPS) is 12.9. The molecule has 3 aromatic carbocycles. The van der Waals surface area contributed by atoms with Crippen LogP contribution < -0.4 is 10.6 Å². The first kappa shape index (κ1) is 24.5. The smallest absolute Gasteiger partial charge is 0.411 e. The summed E-state index contributed by atoms with van der Waals surface area (Å²) in [5.74, 6) is -1.79. The van der Waals surface area contributed by atoms with Gasteiger partial charge in [-0.2, -0.15) is 0 Å². The number of carbonyl (C=O) groups excluding carboxylic acids is 2. The van der Waals surface area contributed by atoms with Gasteiger partial charge in [0.2, 0.25) is 0 Å². The summed E-state index contributed by atoms with van der Waals surface area (Å²) >= 11 is 3.35. The minimum Gasteiger partial charge on any atom is -0.480 e. The van der Waals surface area contributed by atoms with Gasteiger partial charge in [-0.3, -0.25) is 10.1 Å². The van der Waals surface area contributed by atoms with Crippen molar-refractivity contribution in [3.8, 4) is 11.1 Å². The van der Waals surface area contributed by atoms with Gasteiger partial charge >= 0.3 is 12.1 Å². The molecule has 2 amide bonds. The Morgan fingerprint density at radius 2 is 1.63 bits per heavy atom. The molecule has 3 N–H and O–H groups in total. The second-order valence-electron chi connectivity index (χ2n) is 8.29. The molecule has 180 valence electrons. The number of rotatable bonds is 8. The van der Waals surface area contributed by atoms with Gasteiger partial charge in [-0.05, 0) is 46.9 Å². The third-order valence-corrected chi connectivity index (χ3v) is 6.48. The molecule has 1 atom stereocenters. The van der Waals surface area contributed by atoms with Crippen molar-refractivity contribution in [2.24, 2.45) is 0 Å². The predicted octanol–water partition coefficient (Wildman–Crippen LogP) is 5.79. The van der Waals surface area contributed by atoms with Crippen molar-refractivity contribution in [1.82, 2.24) is 5.32 Å². The number of hydrogen-bond donors (Lipinski definition) is 3. The lowest BCUT2D eigenvalue weighted by Gasteiger charge is -2.17. The third kappa shape index (κ3) is 5.38. The van der Waals surface area contributed by atoms with Crippen molar-refractivity contribution in [2.75, 3.05) is 11.9 Å². The van der Waals surface area contributed by atoms with E-state index in [0.29, 0.717) is 17.3 Å². The van der Waals surface area contributed by atoms with E-state index in [0.717, 1.165) is 22.3 Å². The molecule has 0 heterocycles. The average Bonchev–Trinajstić information content (AvgIpc) is 3.16. The Balaban J connectivity index is 1.48. The highest BCUT2D eigenvalue weighted by atomic mass is 79.9. The monoisotopic (exact) mass is 536 g/mol. The van der Waals surface area contributed by atoms with Crippen LogP contribution in [-0.2, 0) is 9.53 Å². The summed E-state index contributed by atoms with van der Waals surface area (Å²) in [4.78, 5) is 37.0. The Kier molecular flexibility index (Phi) is 7.51. The van der Waals surface area contributed by atoms with E-state index in [1.54, 1.807) is 12.1 Å². The van der Waals surface area contributed by atoms with Gasteiger partial charge in [-0.1, -0.05) is 77.8 Å². The van der Waals surface area contributed by atoms with E-state index >= 15 is 0 Å². The van der Waals surface area contributed by atoms with Crippen molar-refractivity contribution >= 4 is 39.6 Å². The molecular weight excluding hydrogens is 512 g/mol. The molecule has 7 nitrogen and oxygen atoms in total. The molecule has 0 saturated heterocycles. The highest BCUT2D eigenvalue weighted by molar-refractivity contribution is 9.10. The van der Waals surface area contributed by atoms with Crippen LogP contribution in [0.2, 0.25) is 0 Å². The van der Waals surface area contributed by atoms with Crippen molar-refractivity contribution in [3.63, 3.8) is 0 Å². The molecule has 0 aromatic heterocycles. The first-order chi connectivity index (χ1) is 16.9. The number of amides is 2. The number of carboxylic acids is 1. The fraction of sp³-hybridized carbons (Fsp3) is 0.222. The fourth-order valence-electron chi connectivity index (χ4n) is 4.34. The summed E-state index contributed by atoms with van der Waals surface area (Å²) < 4.78 is 6.23. The summed E-state index contributed by atoms with van der Waals surface area (Å²) in [6.07, 6.45) is 0.192. The number of nitrogens with one attached hydrogen (secondary N) is 2. The average molecular weight is 537 g/mol. The number of fused-ring (bicyclic) bond motifs is 3. The van der Waals surface area contributed by atoms with E-state index in [2.05, 4.69) is 38.7 Å². The van der Waals surface area contributed by atoms with E-state index in [1.165, 1.54) is 6.07 Å². The zero-order valence-electron chi connectivity index (χ0n) is 19.1. The summed E-state index contributed by atoms with van der Waals surface area (Å²) in [7, 11) is 0. The number of hydrogen-bond acceptors (Lipinski definition) is 4. The Bertz CT molecular complexity index is 1230. The molecule has 35 heavy (non-hydrogen) atoms. The maximum absolute atomic E-state index is 12.8. The first-order valence-corrected chi connectivity index (χ1v) is 12.1. The summed E-state index contributed by atoms with van der Waals surface area (Å²) in [5, 5.41) is 14.5. The Morgan fingerprint density at radius 3 is 2.23 bits per heavy atom. The highest BCUT2D eigenvalue weighted by Crippen LogP contribution is 2.44. The topological polar surface area (TPSA) is 105 Å². The molecule has 1 aliphatic carbocycles. The van der Waals surface area contributed by atoms with Crippen LogP contribution >= 0.6 is 15.9 Å². The number of aliphatic carboxylic acids is 1. The van der Waals surface area contributed by atoms with Crippen molar-refractivity contribution in [2.45, 2.75) is 31.7 Å². The van der Waals surface area contributed by atoms with Crippen LogP contribution in [0.15, 0.2) is 71.2 Å². The summed E-state index contributed by atoms with van der Waals surface area (Å²) in [5.41, 5.74) is 4.81. The van der Waals surface area contributed by atoms with Crippen molar-refractivity contribution in [1.29, 1.82) is 0 Å². The number of ether oxygens (including phenoxy) is 1. The fourth-order valence-corrected chi connectivity index (χ4v) is 4.71. The van der Waals surface area contributed by atoms with Crippen LogP contribution in [0.1, 0.15) is 47.2 Å². The second kappa shape index (κ2) is 10.7. The quantitative estimate of drug-likeness (QED) is 0.337. The number of halogens is 1. The molecule has 3 aromatic rings.